The highest BCUT2D eigenvalue weighted by molar-refractivity contribution is 5.66. The Morgan fingerprint density at radius 2 is 1.46 bits per heavy atom. The molecule has 194 valence electrons. The van der Waals surface area contributed by atoms with Crippen LogP contribution in [0, 0.1) is 13.8 Å². The fraction of sp³-hybridized carbons (Fsp3) is 0.581. The van der Waals surface area contributed by atoms with Gasteiger partial charge in [-0.3, -0.25) is 4.79 Å². The zero-order chi connectivity index (χ0) is 26.1. The van der Waals surface area contributed by atoms with Crippen molar-refractivity contribution in [2.45, 2.75) is 110 Å². The first kappa shape index (κ1) is 28.9. The molecule has 0 saturated heterocycles. The van der Waals surface area contributed by atoms with Crippen LogP contribution in [-0.2, 0) is 16.6 Å². The highest BCUT2D eigenvalue weighted by Crippen LogP contribution is 2.41. The van der Waals surface area contributed by atoms with Crippen molar-refractivity contribution in [3.8, 4) is 5.75 Å². The minimum absolute atomic E-state index is 0.0678. The molecule has 0 heterocycles. The van der Waals surface area contributed by atoms with Gasteiger partial charge in [-0.2, -0.15) is 0 Å². The van der Waals surface area contributed by atoms with Crippen molar-refractivity contribution >= 4 is 5.97 Å². The summed E-state index contributed by atoms with van der Waals surface area (Å²) in [5.41, 5.74) is 5.72. The maximum atomic E-state index is 10.7. The Morgan fingerprint density at radius 3 is 1.97 bits per heavy atom. The molecule has 4 heteroatoms. The Balaban J connectivity index is 2.23. The van der Waals surface area contributed by atoms with Gasteiger partial charge in [-0.05, 0) is 99.1 Å². The quantitative estimate of drug-likeness (QED) is 0.258. The van der Waals surface area contributed by atoms with E-state index in [0.29, 0.717) is 13.0 Å². The monoisotopic (exact) mass is 482 g/mol. The average Bonchev–Trinajstić information content (AvgIpc) is 2.85. The minimum Gasteiger partial charge on any atom is -0.493 e. The summed E-state index contributed by atoms with van der Waals surface area (Å²) in [6.07, 6.45) is 6.83. The smallest absolute Gasteiger partial charge is 0.303 e. The summed E-state index contributed by atoms with van der Waals surface area (Å²) in [6.45, 7) is 13.5. The van der Waals surface area contributed by atoms with E-state index in [1.807, 2.05) is 0 Å². The normalized spacial score (nSPS) is 12.1. The van der Waals surface area contributed by atoms with Crippen LogP contribution in [0.25, 0.3) is 0 Å². The first-order chi connectivity index (χ1) is 16.6. The molecular formula is C31H46O4. The number of ether oxygens (including phenoxy) is 1. The van der Waals surface area contributed by atoms with Crippen LogP contribution >= 0.6 is 0 Å². The Kier molecular flexibility index (Phi) is 10.8. The van der Waals surface area contributed by atoms with Gasteiger partial charge in [-0.25, -0.2) is 0 Å². The highest BCUT2D eigenvalue weighted by atomic mass is 16.5. The van der Waals surface area contributed by atoms with Gasteiger partial charge in [0.25, 0.3) is 0 Å². The number of aliphatic carboxylic acids is 1. The summed E-state index contributed by atoms with van der Waals surface area (Å²) >= 11 is 0. The lowest BCUT2D eigenvalue weighted by Crippen LogP contribution is -2.28. The number of carboxylic acids is 1. The molecule has 0 aliphatic rings. The van der Waals surface area contributed by atoms with Gasteiger partial charge in [0.05, 0.1) is 12.2 Å². The van der Waals surface area contributed by atoms with Gasteiger partial charge in [0.1, 0.15) is 5.75 Å². The molecule has 0 radical (unpaired) electrons. The molecule has 2 rings (SSSR count). The lowest BCUT2D eigenvalue weighted by Gasteiger charge is -2.34. The molecule has 35 heavy (non-hydrogen) atoms. The largest absolute Gasteiger partial charge is 0.493 e. The van der Waals surface area contributed by atoms with Gasteiger partial charge >= 0.3 is 5.97 Å². The molecule has 0 aliphatic heterocycles. The third-order valence-electron chi connectivity index (χ3n) is 8.05. The van der Waals surface area contributed by atoms with Crippen molar-refractivity contribution in [1.82, 2.24) is 0 Å². The molecule has 0 aliphatic carbocycles. The molecule has 2 N–H and O–H groups in total. The molecule has 0 atom stereocenters. The predicted octanol–water partition coefficient (Wildman–Crippen LogP) is 7.53. The summed E-state index contributed by atoms with van der Waals surface area (Å²) in [5.74, 6) is 0.115. The van der Waals surface area contributed by atoms with E-state index in [0.717, 1.165) is 56.3 Å². The van der Waals surface area contributed by atoms with Crippen molar-refractivity contribution in [2.24, 2.45) is 0 Å². The molecule has 0 spiro atoms. The number of unbranched alkanes of at least 4 members (excludes halogenated alkanes) is 1. The van der Waals surface area contributed by atoms with Crippen LogP contribution in [0.1, 0.15) is 107 Å². The lowest BCUT2D eigenvalue weighted by atomic mass is 9.69. The van der Waals surface area contributed by atoms with Crippen LogP contribution < -0.4 is 4.74 Å². The van der Waals surface area contributed by atoms with Crippen LogP contribution in [-0.4, -0.2) is 28.4 Å². The van der Waals surface area contributed by atoms with E-state index in [2.05, 4.69) is 77.9 Å². The van der Waals surface area contributed by atoms with Gasteiger partial charge in [0.15, 0.2) is 0 Å². The van der Waals surface area contributed by atoms with Crippen molar-refractivity contribution in [3.05, 3.63) is 64.2 Å². The number of hydrogen-bond acceptors (Lipinski definition) is 3. The van der Waals surface area contributed by atoms with Crippen LogP contribution in [0.4, 0.5) is 0 Å². The van der Waals surface area contributed by atoms with E-state index in [9.17, 15) is 9.90 Å². The fourth-order valence-electron chi connectivity index (χ4n) is 5.15. The van der Waals surface area contributed by atoms with E-state index in [4.69, 9.17) is 9.84 Å². The zero-order valence-corrected chi connectivity index (χ0v) is 22.7. The first-order valence-electron chi connectivity index (χ1n) is 13.4. The third kappa shape index (κ3) is 7.33. The average molecular weight is 483 g/mol. The van der Waals surface area contributed by atoms with Crippen LogP contribution in [0.3, 0.4) is 0 Å². The summed E-state index contributed by atoms with van der Waals surface area (Å²) in [4.78, 5) is 10.7. The molecule has 0 saturated carbocycles. The molecule has 2 aromatic carbocycles. The van der Waals surface area contributed by atoms with E-state index in [1.54, 1.807) is 0 Å². The fourth-order valence-corrected chi connectivity index (χ4v) is 5.15. The Hall–Kier alpha value is -2.33. The van der Waals surface area contributed by atoms with Gasteiger partial charge in [-0.15, -0.1) is 0 Å². The number of carboxylic acid groups (broad SMARTS) is 1. The Bertz CT molecular complexity index is 954. The SMILES string of the molecule is CCC(O)(CC)CCc1ccc(C(CC)(CC)c2ccc(OCCCCC(=O)O)c(C)c2)cc1C. The first-order valence-corrected chi connectivity index (χ1v) is 13.4. The summed E-state index contributed by atoms with van der Waals surface area (Å²) in [5, 5.41) is 19.5. The second kappa shape index (κ2) is 13.1. The van der Waals surface area contributed by atoms with Crippen molar-refractivity contribution in [3.63, 3.8) is 0 Å². The van der Waals surface area contributed by atoms with Crippen molar-refractivity contribution in [1.29, 1.82) is 0 Å². The number of carbonyl (C=O) groups is 1. The van der Waals surface area contributed by atoms with Crippen LogP contribution in [0.5, 0.6) is 5.75 Å². The number of rotatable bonds is 15. The number of aryl methyl sites for hydroxylation is 3. The third-order valence-corrected chi connectivity index (χ3v) is 8.05. The molecule has 0 amide bonds. The number of benzene rings is 2. The molecule has 4 nitrogen and oxygen atoms in total. The van der Waals surface area contributed by atoms with E-state index in [1.165, 1.54) is 22.3 Å². The lowest BCUT2D eigenvalue weighted by molar-refractivity contribution is -0.137. The second-order valence-corrected chi connectivity index (χ2v) is 10.0. The van der Waals surface area contributed by atoms with Gasteiger partial charge < -0.3 is 14.9 Å². The number of aliphatic hydroxyl groups is 1. The van der Waals surface area contributed by atoms with Gasteiger partial charge in [0, 0.05) is 11.8 Å². The Morgan fingerprint density at radius 1 is 0.857 bits per heavy atom. The van der Waals surface area contributed by atoms with Crippen LogP contribution in [0.15, 0.2) is 36.4 Å². The van der Waals surface area contributed by atoms with E-state index >= 15 is 0 Å². The standard InChI is InChI=1S/C31H46O4/c1-7-30(34,8-2)19-18-25-14-15-26(21-23(25)5)31(9-3,10-4)27-16-17-28(24(6)22-27)35-20-12-11-13-29(32)33/h14-17,21-22,34H,7-13,18-20H2,1-6H3,(H,32,33). The molecule has 0 bridgehead atoms. The predicted molar refractivity (Wildman–Crippen MR) is 145 cm³/mol. The topological polar surface area (TPSA) is 66.8 Å². The molecule has 2 aromatic rings. The van der Waals surface area contributed by atoms with Crippen molar-refractivity contribution in [2.75, 3.05) is 6.61 Å². The Labute approximate surface area is 212 Å². The van der Waals surface area contributed by atoms with E-state index < -0.39 is 11.6 Å². The molecule has 0 unspecified atom stereocenters. The highest BCUT2D eigenvalue weighted by Gasteiger charge is 2.31. The summed E-state index contributed by atoms with van der Waals surface area (Å²) in [6, 6.07) is 13.4. The summed E-state index contributed by atoms with van der Waals surface area (Å²) in [7, 11) is 0. The molecule has 0 fully saturated rings. The maximum Gasteiger partial charge on any atom is 0.303 e. The minimum atomic E-state index is -0.757. The van der Waals surface area contributed by atoms with Gasteiger partial charge in [-0.1, -0.05) is 58.0 Å². The number of hydrogen-bond donors (Lipinski definition) is 2. The summed E-state index contributed by atoms with van der Waals surface area (Å²) < 4.78 is 5.95. The maximum absolute atomic E-state index is 10.7. The van der Waals surface area contributed by atoms with E-state index in [-0.39, 0.29) is 11.8 Å². The zero-order valence-electron chi connectivity index (χ0n) is 22.7. The van der Waals surface area contributed by atoms with Gasteiger partial charge in [0.2, 0.25) is 0 Å². The molecule has 0 aromatic heterocycles. The van der Waals surface area contributed by atoms with Crippen molar-refractivity contribution < 1.29 is 19.7 Å². The molecular weight excluding hydrogens is 436 g/mol. The van der Waals surface area contributed by atoms with Crippen LogP contribution in [0.2, 0.25) is 0 Å². The second-order valence-electron chi connectivity index (χ2n) is 10.0.